The number of amides is 1. The summed E-state index contributed by atoms with van der Waals surface area (Å²) in [6.45, 7) is 5.09. The number of carbonyl (C=O) groups is 1. The summed E-state index contributed by atoms with van der Waals surface area (Å²) in [6.07, 6.45) is 0. The summed E-state index contributed by atoms with van der Waals surface area (Å²) in [5.74, 6) is -0.550. The predicted molar refractivity (Wildman–Crippen MR) is 69.1 cm³/mol. The highest BCUT2D eigenvalue weighted by atomic mass is 32.3. The summed E-state index contributed by atoms with van der Waals surface area (Å²) in [4.78, 5) is 11.0. The van der Waals surface area contributed by atoms with Gasteiger partial charge in [0, 0.05) is 0 Å². The second kappa shape index (κ2) is 5.66. The quantitative estimate of drug-likeness (QED) is 0.862. The van der Waals surface area contributed by atoms with Crippen molar-refractivity contribution < 1.29 is 21.8 Å². The standard InChI is InChI=1S/C12H16FNO4S/c1-12(2,3)18-8-11(15)14-9-6-4-5-7-10(9)19(13,16)17/h4-7H,8H2,1-3H3,(H,14,15). The van der Waals surface area contributed by atoms with Crippen LogP contribution in [0.15, 0.2) is 29.2 Å². The average molecular weight is 289 g/mol. The van der Waals surface area contributed by atoms with Crippen LogP contribution in [-0.2, 0) is 19.8 Å². The molecule has 7 heteroatoms. The first-order valence-electron chi connectivity index (χ1n) is 5.57. The van der Waals surface area contributed by atoms with Crippen molar-refractivity contribution in [3.05, 3.63) is 24.3 Å². The predicted octanol–water partition coefficient (Wildman–Crippen LogP) is 2.10. The Kier molecular flexibility index (Phi) is 4.65. The lowest BCUT2D eigenvalue weighted by atomic mass is 10.2. The Morgan fingerprint density at radius 1 is 1.32 bits per heavy atom. The van der Waals surface area contributed by atoms with E-state index in [0.717, 1.165) is 6.07 Å². The maximum absolute atomic E-state index is 13.0. The maximum atomic E-state index is 13.0. The highest BCUT2D eigenvalue weighted by molar-refractivity contribution is 7.86. The van der Waals surface area contributed by atoms with Gasteiger partial charge in [0.25, 0.3) is 0 Å². The van der Waals surface area contributed by atoms with Crippen molar-refractivity contribution >= 4 is 21.8 Å². The topological polar surface area (TPSA) is 72.5 Å². The molecule has 0 aromatic heterocycles. The average Bonchev–Trinajstić information content (AvgIpc) is 2.25. The molecule has 0 aliphatic carbocycles. The summed E-state index contributed by atoms with van der Waals surface area (Å²) in [5.41, 5.74) is -0.601. The van der Waals surface area contributed by atoms with Gasteiger partial charge in [0.1, 0.15) is 11.5 Å². The lowest BCUT2D eigenvalue weighted by Gasteiger charge is -2.19. The van der Waals surface area contributed by atoms with E-state index < -0.39 is 26.6 Å². The molecule has 0 bridgehead atoms. The normalized spacial score (nSPS) is 12.2. The highest BCUT2D eigenvalue weighted by Gasteiger charge is 2.19. The van der Waals surface area contributed by atoms with Gasteiger partial charge in [0.15, 0.2) is 0 Å². The molecule has 0 unspecified atom stereocenters. The number of benzene rings is 1. The molecule has 19 heavy (non-hydrogen) atoms. The van der Waals surface area contributed by atoms with Crippen LogP contribution in [0.3, 0.4) is 0 Å². The van der Waals surface area contributed by atoms with E-state index in [9.17, 15) is 17.1 Å². The third-order valence-electron chi connectivity index (χ3n) is 2.06. The zero-order valence-electron chi connectivity index (χ0n) is 10.9. The minimum atomic E-state index is -4.88. The molecule has 1 amide bonds. The number of ether oxygens (including phenoxy) is 1. The number of rotatable bonds is 4. The van der Waals surface area contributed by atoms with E-state index in [1.54, 1.807) is 20.8 Å². The Morgan fingerprint density at radius 2 is 1.89 bits per heavy atom. The first-order chi connectivity index (χ1) is 8.59. The van der Waals surface area contributed by atoms with Crippen molar-refractivity contribution in [1.82, 2.24) is 0 Å². The summed E-state index contributed by atoms with van der Waals surface area (Å²) >= 11 is 0. The number of hydrogen-bond donors (Lipinski definition) is 1. The van der Waals surface area contributed by atoms with E-state index in [1.165, 1.54) is 18.2 Å². The van der Waals surface area contributed by atoms with Crippen molar-refractivity contribution in [1.29, 1.82) is 0 Å². The molecule has 1 aromatic carbocycles. The number of halogens is 1. The minimum Gasteiger partial charge on any atom is -0.366 e. The number of nitrogens with one attached hydrogen (secondary N) is 1. The summed E-state index contributed by atoms with van der Waals surface area (Å²) < 4.78 is 40.0. The number of para-hydroxylation sites is 1. The first-order valence-corrected chi connectivity index (χ1v) is 6.95. The maximum Gasteiger partial charge on any atom is 0.334 e. The largest absolute Gasteiger partial charge is 0.366 e. The fraction of sp³-hybridized carbons (Fsp3) is 0.417. The Balaban J connectivity index is 2.81. The summed E-state index contributed by atoms with van der Waals surface area (Å²) in [7, 11) is -4.88. The van der Waals surface area contributed by atoms with Gasteiger partial charge < -0.3 is 10.1 Å². The van der Waals surface area contributed by atoms with Crippen LogP contribution in [0.2, 0.25) is 0 Å². The van der Waals surface area contributed by atoms with Gasteiger partial charge in [-0.1, -0.05) is 12.1 Å². The molecule has 0 aliphatic heterocycles. The van der Waals surface area contributed by atoms with Crippen LogP contribution in [0.1, 0.15) is 20.8 Å². The lowest BCUT2D eigenvalue weighted by Crippen LogP contribution is -2.27. The Hall–Kier alpha value is -1.47. The molecule has 0 spiro atoms. The molecule has 0 fully saturated rings. The molecule has 1 rings (SSSR count). The molecule has 0 atom stereocenters. The molecular formula is C12H16FNO4S. The molecule has 5 nitrogen and oxygen atoms in total. The Bertz CT molecular complexity index is 563. The summed E-state index contributed by atoms with van der Waals surface area (Å²) in [6, 6.07) is 5.25. The Morgan fingerprint density at radius 3 is 2.42 bits per heavy atom. The van der Waals surface area contributed by atoms with Crippen molar-refractivity contribution in [2.24, 2.45) is 0 Å². The molecule has 0 saturated heterocycles. The van der Waals surface area contributed by atoms with Crippen LogP contribution in [0.4, 0.5) is 9.57 Å². The number of hydrogen-bond acceptors (Lipinski definition) is 4. The monoisotopic (exact) mass is 289 g/mol. The lowest BCUT2D eigenvalue weighted by molar-refractivity contribution is -0.125. The third kappa shape index (κ3) is 5.35. The van der Waals surface area contributed by atoms with Crippen molar-refractivity contribution in [2.75, 3.05) is 11.9 Å². The van der Waals surface area contributed by atoms with E-state index in [0.29, 0.717) is 0 Å². The van der Waals surface area contributed by atoms with Crippen LogP contribution >= 0.6 is 0 Å². The fourth-order valence-corrected chi connectivity index (χ4v) is 1.87. The highest BCUT2D eigenvalue weighted by Crippen LogP contribution is 2.22. The molecular weight excluding hydrogens is 273 g/mol. The van der Waals surface area contributed by atoms with Gasteiger partial charge in [0.2, 0.25) is 5.91 Å². The van der Waals surface area contributed by atoms with Crippen LogP contribution in [0, 0.1) is 0 Å². The van der Waals surface area contributed by atoms with Crippen LogP contribution in [0.25, 0.3) is 0 Å². The molecule has 1 aromatic rings. The van der Waals surface area contributed by atoms with Gasteiger partial charge in [0.05, 0.1) is 11.3 Å². The fourth-order valence-electron chi connectivity index (χ4n) is 1.25. The smallest absolute Gasteiger partial charge is 0.334 e. The van der Waals surface area contributed by atoms with Crippen LogP contribution < -0.4 is 5.32 Å². The van der Waals surface area contributed by atoms with E-state index >= 15 is 0 Å². The third-order valence-corrected chi connectivity index (χ3v) is 2.94. The molecule has 0 radical (unpaired) electrons. The zero-order valence-corrected chi connectivity index (χ0v) is 11.8. The number of anilines is 1. The molecule has 0 heterocycles. The minimum absolute atomic E-state index is 0.104. The van der Waals surface area contributed by atoms with E-state index in [2.05, 4.69) is 5.32 Å². The molecule has 0 saturated carbocycles. The Labute approximate surface area is 112 Å². The van der Waals surface area contributed by atoms with Crippen molar-refractivity contribution in [3.8, 4) is 0 Å². The second-order valence-corrected chi connectivity index (χ2v) is 6.20. The van der Waals surface area contributed by atoms with E-state index in [4.69, 9.17) is 4.74 Å². The van der Waals surface area contributed by atoms with Crippen molar-refractivity contribution in [2.45, 2.75) is 31.3 Å². The van der Waals surface area contributed by atoms with Gasteiger partial charge in [-0.05, 0) is 32.9 Å². The van der Waals surface area contributed by atoms with Crippen LogP contribution in [-0.4, -0.2) is 26.5 Å². The van der Waals surface area contributed by atoms with Crippen LogP contribution in [0.5, 0.6) is 0 Å². The SMILES string of the molecule is CC(C)(C)OCC(=O)Nc1ccccc1S(=O)(=O)F. The zero-order chi connectivity index (χ0) is 14.7. The second-order valence-electron chi connectivity index (χ2n) is 4.88. The summed E-state index contributed by atoms with van der Waals surface area (Å²) in [5, 5.41) is 2.31. The van der Waals surface area contributed by atoms with Gasteiger partial charge in [-0.25, -0.2) is 0 Å². The van der Waals surface area contributed by atoms with E-state index in [1.807, 2.05) is 0 Å². The number of carbonyl (C=O) groups excluding carboxylic acids is 1. The first kappa shape index (κ1) is 15.6. The molecule has 1 N–H and O–H groups in total. The molecule has 106 valence electrons. The van der Waals surface area contributed by atoms with Gasteiger partial charge in [-0.2, -0.15) is 8.42 Å². The van der Waals surface area contributed by atoms with Gasteiger partial charge in [-0.15, -0.1) is 3.89 Å². The molecule has 0 aliphatic rings. The van der Waals surface area contributed by atoms with Gasteiger partial charge in [-0.3, -0.25) is 4.79 Å². The van der Waals surface area contributed by atoms with E-state index in [-0.39, 0.29) is 12.3 Å². The van der Waals surface area contributed by atoms with Gasteiger partial charge >= 0.3 is 10.2 Å². The van der Waals surface area contributed by atoms with Crippen molar-refractivity contribution in [3.63, 3.8) is 0 Å².